The van der Waals surface area contributed by atoms with Crippen molar-refractivity contribution in [3.63, 3.8) is 0 Å². The highest BCUT2D eigenvalue weighted by Gasteiger charge is 2.60. The van der Waals surface area contributed by atoms with Crippen LogP contribution in [0.3, 0.4) is 0 Å². The van der Waals surface area contributed by atoms with Crippen molar-refractivity contribution >= 4 is 22.3 Å². The third-order valence-corrected chi connectivity index (χ3v) is 6.21. The van der Waals surface area contributed by atoms with Gasteiger partial charge in [-0.25, -0.2) is 4.98 Å². The van der Waals surface area contributed by atoms with Crippen LogP contribution in [0.15, 0.2) is 6.20 Å². The van der Waals surface area contributed by atoms with E-state index in [4.69, 9.17) is 5.26 Å². The number of nitrogens with one attached hydrogen (secondary N) is 2. The van der Waals surface area contributed by atoms with E-state index in [1.807, 2.05) is 11.0 Å². The maximum atomic E-state index is 13.6. The van der Waals surface area contributed by atoms with Crippen molar-refractivity contribution in [2.45, 2.75) is 43.2 Å². The van der Waals surface area contributed by atoms with Crippen molar-refractivity contribution in [3.8, 4) is 6.07 Å². The number of hydrogen-bond acceptors (Lipinski definition) is 8. The fraction of sp³-hybridized carbons (Fsp3) is 0.562. The first-order chi connectivity index (χ1) is 13.2. The van der Waals surface area contributed by atoms with E-state index in [9.17, 15) is 23.4 Å². The first-order valence-electron chi connectivity index (χ1n) is 8.66. The Morgan fingerprint density at radius 1 is 1.36 bits per heavy atom. The zero-order valence-corrected chi connectivity index (χ0v) is 15.3. The molecule has 0 saturated carbocycles. The molecule has 2 aliphatic heterocycles. The number of halogens is 3. The molecule has 0 radical (unpaired) electrons. The molecule has 2 aromatic heterocycles. The number of anilines is 2. The van der Waals surface area contributed by atoms with Gasteiger partial charge in [0.15, 0.2) is 16.6 Å². The molecule has 0 amide bonds. The number of aromatic amines is 1. The summed E-state index contributed by atoms with van der Waals surface area (Å²) in [5.74, 6) is -0.427. The normalized spacial score (nSPS) is 25.9. The highest BCUT2D eigenvalue weighted by molar-refractivity contribution is 7.16. The lowest BCUT2D eigenvalue weighted by Crippen LogP contribution is -2.50. The van der Waals surface area contributed by atoms with Crippen LogP contribution in [0.25, 0.3) is 0 Å². The molecule has 2 atom stereocenters. The monoisotopic (exact) mass is 414 g/mol. The predicted octanol–water partition coefficient (Wildman–Crippen LogP) is 2.01. The van der Waals surface area contributed by atoms with E-state index >= 15 is 0 Å². The summed E-state index contributed by atoms with van der Waals surface area (Å²) < 4.78 is 40.9. The first kappa shape index (κ1) is 19.0. The van der Waals surface area contributed by atoms with Gasteiger partial charge in [0.1, 0.15) is 17.2 Å². The van der Waals surface area contributed by atoms with Crippen molar-refractivity contribution in [1.82, 2.24) is 15.2 Å². The summed E-state index contributed by atoms with van der Waals surface area (Å²) in [7, 11) is 0. The summed E-state index contributed by atoms with van der Waals surface area (Å²) in [6.45, 7) is 1.11. The van der Waals surface area contributed by atoms with Crippen molar-refractivity contribution in [2.24, 2.45) is 0 Å². The van der Waals surface area contributed by atoms with Gasteiger partial charge in [0.05, 0.1) is 11.8 Å². The number of rotatable bonds is 2. The number of H-pyrrole nitrogens is 1. The topological polar surface area (TPSA) is 121 Å². The Morgan fingerprint density at radius 3 is 2.68 bits per heavy atom. The maximum Gasteiger partial charge on any atom is 0.421 e. The molecule has 4 rings (SSSR count). The zero-order chi connectivity index (χ0) is 20.1. The van der Waals surface area contributed by atoms with E-state index in [1.165, 1.54) is 17.5 Å². The van der Waals surface area contributed by atoms with Gasteiger partial charge >= 0.3 is 6.18 Å². The van der Waals surface area contributed by atoms with Crippen LogP contribution in [0.1, 0.15) is 41.3 Å². The van der Waals surface area contributed by atoms with E-state index in [0.717, 1.165) is 0 Å². The van der Waals surface area contributed by atoms with E-state index in [2.05, 4.69) is 20.5 Å². The Bertz CT molecular complexity index is 914. The summed E-state index contributed by atoms with van der Waals surface area (Å²) in [6.07, 6.45) is -4.82. The summed E-state index contributed by atoms with van der Waals surface area (Å²) in [4.78, 5) is 6.70. The summed E-state index contributed by atoms with van der Waals surface area (Å²) in [5, 5.41) is 38.8. The van der Waals surface area contributed by atoms with Crippen molar-refractivity contribution in [1.29, 1.82) is 5.26 Å². The Hall–Kier alpha value is -2.36. The molecule has 2 aliphatic rings. The lowest BCUT2D eigenvalue weighted by atomic mass is 9.81. The van der Waals surface area contributed by atoms with E-state index in [-0.39, 0.29) is 23.0 Å². The minimum absolute atomic E-state index is 0.172. The maximum absolute atomic E-state index is 13.6. The number of nitrogens with zero attached hydrogens (tertiary/aromatic N) is 4. The van der Waals surface area contributed by atoms with E-state index in [1.54, 1.807) is 0 Å². The largest absolute Gasteiger partial charge is 0.421 e. The third-order valence-electron chi connectivity index (χ3n) is 5.25. The van der Waals surface area contributed by atoms with Crippen molar-refractivity contribution < 1.29 is 23.4 Å². The number of fused-ring (bicyclic) bond motifs is 1. The number of hydrogen-bond donors (Lipinski definition) is 4. The molecule has 0 bridgehead atoms. The number of alkyl halides is 3. The smallest absolute Gasteiger partial charge is 0.376 e. The van der Waals surface area contributed by atoms with Gasteiger partial charge in [0.2, 0.25) is 0 Å². The molecule has 28 heavy (non-hydrogen) atoms. The molecule has 0 spiro atoms. The Labute approximate surface area is 161 Å². The van der Waals surface area contributed by atoms with Crippen LogP contribution in [0.5, 0.6) is 0 Å². The summed E-state index contributed by atoms with van der Waals surface area (Å²) in [6, 6.07) is 2.03. The molecular weight excluding hydrogens is 397 g/mol. The minimum Gasteiger partial charge on any atom is -0.376 e. The molecule has 2 unspecified atom stereocenters. The second-order valence-corrected chi connectivity index (χ2v) is 7.97. The fourth-order valence-corrected chi connectivity index (χ4v) is 4.61. The highest BCUT2D eigenvalue weighted by atomic mass is 32.1. The Balaban J connectivity index is 1.58. The SMILES string of the molecule is N#Cc1cnc(N2CCC(c3[nH]nc4c3C(O)(C(F)(F)F)CC(O)N4)CC2)s1. The van der Waals surface area contributed by atoms with Crippen molar-refractivity contribution in [3.05, 3.63) is 22.3 Å². The second-order valence-electron chi connectivity index (χ2n) is 6.96. The molecule has 12 heteroatoms. The average molecular weight is 414 g/mol. The standard InChI is InChI=1S/C16H17F3N6O2S/c17-16(18,19)15(27)5-10(26)22-13-11(15)12(23-24-13)8-1-3-25(4-2-8)14-21-7-9(6-20)28-14/h7-8,10,26-27H,1-5H2,(H2,22,23,24). The highest BCUT2D eigenvalue weighted by Crippen LogP contribution is 2.50. The molecule has 8 nitrogen and oxygen atoms in total. The van der Waals surface area contributed by atoms with Crippen LogP contribution < -0.4 is 10.2 Å². The number of nitriles is 1. The number of aliphatic hydroxyl groups excluding tert-OH is 1. The summed E-state index contributed by atoms with van der Waals surface area (Å²) in [5.41, 5.74) is -3.25. The van der Waals surface area contributed by atoms with Crippen LogP contribution in [-0.4, -0.2) is 50.9 Å². The van der Waals surface area contributed by atoms with Crippen LogP contribution >= 0.6 is 11.3 Å². The lowest BCUT2D eigenvalue weighted by molar-refractivity contribution is -0.276. The molecule has 1 saturated heterocycles. The van der Waals surface area contributed by atoms with E-state index in [0.29, 0.717) is 35.9 Å². The summed E-state index contributed by atoms with van der Waals surface area (Å²) >= 11 is 1.27. The molecule has 0 aromatic carbocycles. The Morgan fingerprint density at radius 2 is 2.07 bits per heavy atom. The first-order valence-corrected chi connectivity index (χ1v) is 9.48. The molecule has 4 N–H and O–H groups in total. The van der Waals surface area contributed by atoms with Gasteiger partial charge in [0, 0.05) is 31.1 Å². The molecule has 1 fully saturated rings. The van der Waals surface area contributed by atoms with Gasteiger partial charge in [-0.15, -0.1) is 0 Å². The van der Waals surface area contributed by atoms with Gasteiger partial charge in [-0.1, -0.05) is 11.3 Å². The molecule has 2 aromatic rings. The fourth-order valence-electron chi connectivity index (χ4n) is 3.84. The number of thiazole rings is 1. The third kappa shape index (κ3) is 2.99. The van der Waals surface area contributed by atoms with E-state index < -0.39 is 24.4 Å². The average Bonchev–Trinajstić information content (AvgIpc) is 3.28. The predicted molar refractivity (Wildman–Crippen MR) is 93.8 cm³/mol. The van der Waals surface area contributed by atoms with Gasteiger partial charge in [-0.2, -0.15) is 23.5 Å². The van der Waals surface area contributed by atoms with Crippen LogP contribution in [0, 0.1) is 11.3 Å². The van der Waals surface area contributed by atoms with Gasteiger partial charge in [-0.3, -0.25) is 5.10 Å². The Kier molecular flexibility index (Phi) is 4.48. The number of aliphatic hydroxyl groups is 2. The molecule has 150 valence electrons. The van der Waals surface area contributed by atoms with Gasteiger partial charge < -0.3 is 20.4 Å². The molecule has 0 aliphatic carbocycles. The van der Waals surface area contributed by atoms with Gasteiger partial charge in [-0.05, 0) is 12.8 Å². The molecule has 4 heterocycles. The lowest BCUT2D eigenvalue weighted by Gasteiger charge is -2.38. The minimum atomic E-state index is -4.95. The molecular formula is C16H17F3N6O2S. The van der Waals surface area contributed by atoms with Crippen LogP contribution in [0.4, 0.5) is 24.1 Å². The number of aromatic nitrogens is 3. The second kappa shape index (κ2) is 6.61. The van der Waals surface area contributed by atoms with Crippen molar-refractivity contribution in [2.75, 3.05) is 23.3 Å². The van der Waals surface area contributed by atoms with Crippen LogP contribution in [-0.2, 0) is 5.60 Å². The quantitative estimate of drug-likeness (QED) is 0.593. The number of piperidine rings is 1. The van der Waals surface area contributed by atoms with Crippen LogP contribution in [0.2, 0.25) is 0 Å². The zero-order valence-electron chi connectivity index (χ0n) is 14.5. The van der Waals surface area contributed by atoms with Gasteiger partial charge in [0.25, 0.3) is 0 Å².